The van der Waals surface area contributed by atoms with Gasteiger partial charge in [-0.1, -0.05) is 53.0 Å². The summed E-state index contributed by atoms with van der Waals surface area (Å²) < 4.78 is 35.2. The lowest BCUT2D eigenvalue weighted by Gasteiger charge is -2.11. The summed E-state index contributed by atoms with van der Waals surface area (Å²) in [5.74, 6) is -0.370. The van der Waals surface area contributed by atoms with Crippen LogP contribution in [0.5, 0.6) is 0 Å². The Morgan fingerprint density at radius 1 is 1.04 bits per heavy atom. The molecule has 130 valence electrons. The van der Waals surface area contributed by atoms with Gasteiger partial charge in [0, 0.05) is 5.75 Å². The summed E-state index contributed by atoms with van der Waals surface area (Å²) in [6, 6.07) is 12.6. The van der Waals surface area contributed by atoms with Crippen molar-refractivity contribution >= 4 is 33.8 Å². The third-order valence-electron chi connectivity index (χ3n) is 5.28. The summed E-state index contributed by atoms with van der Waals surface area (Å²) in [5.41, 5.74) is 5.74. The van der Waals surface area contributed by atoms with Crippen molar-refractivity contribution in [3.8, 4) is 0 Å². The second-order valence-electron chi connectivity index (χ2n) is 7.08. The van der Waals surface area contributed by atoms with Crippen LogP contribution in [0.15, 0.2) is 42.5 Å². The molecule has 0 heterocycles. The molecular formula is C20H17ClFO2S-. The number of allylic oxidation sites excluding steroid dienone is 2. The molecule has 2 aliphatic carbocycles. The second kappa shape index (κ2) is 6.35. The topological polar surface area (TPSA) is 40.1 Å². The van der Waals surface area contributed by atoms with Crippen molar-refractivity contribution in [1.82, 2.24) is 0 Å². The van der Waals surface area contributed by atoms with E-state index in [-0.39, 0.29) is 10.8 Å². The maximum Gasteiger partial charge on any atom is 0.141 e. The SMILES string of the molecule is O=S([O-])Cc1ccc(C2=C(c3ccc(F)c(Cl)c3)CC3(CC3)C2)cc1. The van der Waals surface area contributed by atoms with E-state index in [1.165, 1.54) is 30.1 Å². The summed E-state index contributed by atoms with van der Waals surface area (Å²) in [7, 11) is 0. The van der Waals surface area contributed by atoms with E-state index in [0.717, 1.165) is 29.5 Å². The van der Waals surface area contributed by atoms with E-state index in [9.17, 15) is 13.2 Å². The zero-order valence-corrected chi connectivity index (χ0v) is 15.1. The molecule has 1 fully saturated rings. The maximum atomic E-state index is 13.5. The minimum atomic E-state index is -2.08. The largest absolute Gasteiger partial charge is 0.772 e. The summed E-state index contributed by atoms with van der Waals surface area (Å²) in [4.78, 5) is 0. The van der Waals surface area contributed by atoms with Crippen LogP contribution in [0.25, 0.3) is 11.1 Å². The smallest absolute Gasteiger partial charge is 0.141 e. The van der Waals surface area contributed by atoms with Crippen LogP contribution in [-0.4, -0.2) is 8.76 Å². The maximum absolute atomic E-state index is 13.5. The first-order valence-corrected chi connectivity index (χ1v) is 9.91. The molecule has 2 aromatic carbocycles. The van der Waals surface area contributed by atoms with Crippen LogP contribution in [-0.2, 0) is 16.8 Å². The second-order valence-corrected chi connectivity index (χ2v) is 8.39. The number of rotatable bonds is 4. The molecule has 0 radical (unpaired) electrons. The zero-order valence-electron chi connectivity index (χ0n) is 13.6. The monoisotopic (exact) mass is 375 g/mol. The molecule has 0 saturated heterocycles. The molecule has 0 aromatic heterocycles. The Morgan fingerprint density at radius 2 is 1.64 bits per heavy atom. The summed E-state index contributed by atoms with van der Waals surface area (Å²) >= 11 is 3.90. The summed E-state index contributed by atoms with van der Waals surface area (Å²) in [6.07, 6.45) is 4.46. The van der Waals surface area contributed by atoms with Gasteiger partial charge in [0.1, 0.15) is 5.82 Å². The van der Waals surface area contributed by atoms with Gasteiger partial charge in [-0.05, 0) is 71.1 Å². The van der Waals surface area contributed by atoms with E-state index in [2.05, 4.69) is 0 Å². The lowest BCUT2D eigenvalue weighted by Crippen LogP contribution is -1.94. The van der Waals surface area contributed by atoms with Crippen LogP contribution >= 0.6 is 11.6 Å². The van der Waals surface area contributed by atoms with Gasteiger partial charge < -0.3 is 4.55 Å². The quantitative estimate of drug-likeness (QED) is 0.676. The van der Waals surface area contributed by atoms with E-state index < -0.39 is 16.9 Å². The Kier molecular flexibility index (Phi) is 4.30. The molecule has 0 bridgehead atoms. The van der Waals surface area contributed by atoms with Gasteiger partial charge in [0.2, 0.25) is 0 Å². The minimum Gasteiger partial charge on any atom is -0.772 e. The van der Waals surface area contributed by atoms with E-state index in [1.807, 2.05) is 24.3 Å². The Morgan fingerprint density at radius 3 is 2.20 bits per heavy atom. The Labute approximate surface area is 154 Å². The first-order valence-electron chi connectivity index (χ1n) is 8.28. The summed E-state index contributed by atoms with van der Waals surface area (Å²) in [5, 5.41) is 0.148. The third-order valence-corrected chi connectivity index (χ3v) is 6.14. The minimum absolute atomic E-state index is 0.0314. The van der Waals surface area contributed by atoms with Gasteiger partial charge >= 0.3 is 0 Å². The van der Waals surface area contributed by atoms with Gasteiger partial charge in [-0.2, -0.15) is 0 Å². The van der Waals surface area contributed by atoms with Crippen LogP contribution in [0.4, 0.5) is 4.39 Å². The lowest BCUT2D eigenvalue weighted by atomic mass is 9.96. The molecule has 1 unspecified atom stereocenters. The summed E-state index contributed by atoms with van der Waals surface area (Å²) in [6.45, 7) is 0. The number of hydrogen-bond donors (Lipinski definition) is 0. The molecular weight excluding hydrogens is 359 g/mol. The highest BCUT2D eigenvalue weighted by Gasteiger charge is 2.48. The average molecular weight is 376 g/mol. The first-order chi connectivity index (χ1) is 12.0. The highest BCUT2D eigenvalue weighted by molar-refractivity contribution is 7.78. The lowest BCUT2D eigenvalue weighted by molar-refractivity contribution is 0.536. The third kappa shape index (κ3) is 3.43. The van der Waals surface area contributed by atoms with Gasteiger partial charge in [0.15, 0.2) is 0 Å². The van der Waals surface area contributed by atoms with E-state index >= 15 is 0 Å². The fourth-order valence-corrected chi connectivity index (χ4v) is 4.38. The van der Waals surface area contributed by atoms with Crippen molar-refractivity contribution < 1.29 is 13.2 Å². The molecule has 4 rings (SSSR count). The molecule has 2 nitrogen and oxygen atoms in total. The van der Waals surface area contributed by atoms with Crippen molar-refractivity contribution in [1.29, 1.82) is 0 Å². The number of halogens is 2. The predicted molar refractivity (Wildman–Crippen MR) is 98.2 cm³/mol. The van der Waals surface area contributed by atoms with Gasteiger partial charge in [-0.25, -0.2) is 4.39 Å². The molecule has 1 atom stereocenters. The Bertz CT molecular complexity index is 885. The Balaban J connectivity index is 1.73. The van der Waals surface area contributed by atoms with Crippen LogP contribution in [0, 0.1) is 11.2 Å². The number of benzene rings is 2. The first kappa shape index (κ1) is 17.0. The standard InChI is InChI=1S/C20H18ClFO2S/c21-18-9-15(5-6-19(18)22)17-11-20(7-8-20)10-16(17)14-3-1-13(2-4-14)12-25(23)24/h1-6,9H,7-8,10-12H2,(H,23,24)/p-1. The van der Waals surface area contributed by atoms with Gasteiger partial charge in [0.05, 0.1) is 5.02 Å². The van der Waals surface area contributed by atoms with Gasteiger partial charge in [0.25, 0.3) is 0 Å². The van der Waals surface area contributed by atoms with Crippen molar-refractivity contribution in [2.45, 2.75) is 31.4 Å². The molecule has 1 saturated carbocycles. The molecule has 0 aliphatic heterocycles. The van der Waals surface area contributed by atoms with Crippen LogP contribution in [0.1, 0.15) is 42.4 Å². The van der Waals surface area contributed by atoms with Crippen LogP contribution in [0.2, 0.25) is 5.02 Å². The average Bonchev–Trinajstić information content (AvgIpc) is 3.22. The molecule has 1 spiro atoms. The van der Waals surface area contributed by atoms with Crippen LogP contribution in [0.3, 0.4) is 0 Å². The van der Waals surface area contributed by atoms with Crippen molar-refractivity contribution in [3.05, 3.63) is 70.0 Å². The molecule has 2 aromatic rings. The molecule has 0 N–H and O–H groups in total. The molecule has 0 amide bonds. The van der Waals surface area contributed by atoms with E-state index in [1.54, 1.807) is 12.1 Å². The zero-order chi connectivity index (χ0) is 17.6. The molecule has 2 aliphatic rings. The van der Waals surface area contributed by atoms with Crippen molar-refractivity contribution in [3.63, 3.8) is 0 Å². The fourth-order valence-electron chi connectivity index (χ4n) is 3.73. The molecule has 5 heteroatoms. The van der Waals surface area contributed by atoms with E-state index in [4.69, 9.17) is 11.6 Å². The fraction of sp³-hybridized carbons (Fsp3) is 0.300. The predicted octanol–water partition coefficient (Wildman–Crippen LogP) is 5.34. The van der Waals surface area contributed by atoms with E-state index in [0.29, 0.717) is 5.41 Å². The normalized spacial score (nSPS) is 19.5. The van der Waals surface area contributed by atoms with Crippen molar-refractivity contribution in [2.75, 3.05) is 0 Å². The van der Waals surface area contributed by atoms with Crippen molar-refractivity contribution in [2.24, 2.45) is 5.41 Å². The number of hydrogen-bond acceptors (Lipinski definition) is 2. The van der Waals surface area contributed by atoms with Gasteiger partial charge in [-0.3, -0.25) is 4.21 Å². The highest BCUT2D eigenvalue weighted by atomic mass is 35.5. The van der Waals surface area contributed by atoms with Gasteiger partial charge in [-0.15, -0.1) is 0 Å². The Hall–Kier alpha value is -1.49. The highest BCUT2D eigenvalue weighted by Crippen LogP contribution is 2.63. The molecule has 25 heavy (non-hydrogen) atoms. The van der Waals surface area contributed by atoms with Crippen LogP contribution < -0.4 is 0 Å².